The van der Waals surface area contributed by atoms with Crippen molar-refractivity contribution in [2.75, 3.05) is 23.3 Å². The number of hydrogen-bond donors (Lipinski definition) is 1. The molecule has 2 aromatic carbocycles. The zero-order chi connectivity index (χ0) is 22.6. The second-order valence-electron chi connectivity index (χ2n) is 6.19. The molecule has 0 saturated heterocycles. The highest BCUT2D eigenvalue weighted by molar-refractivity contribution is 7.92. The number of esters is 1. The summed E-state index contributed by atoms with van der Waals surface area (Å²) in [7, 11) is -2.53. The van der Waals surface area contributed by atoms with Crippen LogP contribution < -0.4 is 9.62 Å². The van der Waals surface area contributed by atoms with E-state index in [0.717, 1.165) is 15.6 Å². The van der Waals surface area contributed by atoms with Gasteiger partial charge in [-0.15, -0.1) is 11.3 Å². The minimum Gasteiger partial charge on any atom is -0.461 e. The van der Waals surface area contributed by atoms with Gasteiger partial charge in [0.25, 0.3) is 15.9 Å². The minimum atomic E-state index is -3.93. The molecule has 1 heterocycles. The number of sulfonamides is 1. The van der Waals surface area contributed by atoms with E-state index in [1.165, 1.54) is 42.8 Å². The van der Waals surface area contributed by atoms with Gasteiger partial charge in [0.15, 0.2) is 10.8 Å². The Bertz CT molecular complexity index is 1230. The van der Waals surface area contributed by atoms with Crippen molar-refractivity contribution >= 4 is 55.7 Å². The Balaban J connectivity index is 1.81. The lowest BCUT2D eigenvalue weighted by Crippen LogP contribution is -2.26. The minimum absolute atomic E-state index is 0.0611. The van der Waals surface area contributed by atoms with Crippen LogP contribution in [-0.2, 0) is 14.8 Å². The molecule has 0 atom stereocenters. The van der Waals surface area contributed by atoms with Gasteiger partial charge in [-0.2, -0.15) is 0 Å². The van der Waals surface area contributed by atoms with Gasteiger partial charge >= 0.3 is 5.97 Å². The summed E-state index contributed by atoms with van der Waals surface area (Å²) in [5.41, 5.74) is 0.590. The molecule has 3 aromatic rings. The third kappa shape index (κ3) is 5.22. The van der Waals surface area contributed by atoms with Crippen LogP contribution in [0.1, 0.15) is 27.8 Å². The molecule has 8 nitrogen and oxygen atoms in total. The standard InChI is InChI=1S/C20H18ClN3O5S2/c1-3-29-19(26)17-12-30-20(22-17)23-18(25)13-6-4-9-16(10-13)31(27,28)24(2)15-8-5-7-14(21)11-15/h4-12H,3H2,1-2H3,(H,22,23,25). The van der Waals surface area contributed by atoms with E-state index in [1.54, 1.807) is 25.1 Å². The van der Waals surface area contributed by atoms with Crippen LogP contribution in [0.15, 0.2) is 58.8 Å². The molecule has 0 radical (unpaired) electrons. The lowest BCUT2D eigenvalue weighted by atomic mass is 10.2. The fraction of sp³-hybridized carbons (Fsp3) is 0.150. The largest absolute Gasteiger partial charge is 0.461 e. The van der Waals surface area contributed by atoms with Gasteiger partial charge in [0.1, 0.15) is 0 Å². The number of benzene rings is 2. The highest BCUT2D eigenvalue weighted by Crippen LogP contribution is 2.25. The van der Waals surface area contributed by atoms with Crippen molar-refractivity contribution in [3.05, 3.63) is 70.2 Å². The molecule has 11 heteroatoms. The van der Waals surface area contributed by atoms with Crippen LogP contribution in [0.2, 0.25) is 5.02 Å². The van der Waals surface area contributed by atoms with Crippen LogP contribution >= 0.6 is 22.9 Å². The summed E-state index contributed by atoms with van der Waals surface area (Å²) in [4.78, 5) is 28.2. The van der Waals surface area contributed by atoms with Gasteiger partial charge in [-0.1, -0.05) is 23.7 Å². The van der Waals surface area contributed by atoms with Crippen LogP contribution in [0.25, 0.3) is 0 Å². The van der Waals surface area contributed by atoms with Crippen LogP contribution in [0.4, 0.5) is 10.8 Å². The van der Waals surface area contributed by atoms with Gasteiger partial charge in [-0.25, -0.2) is 18.2 Å². The quantitative estimate of drug-likeness (QED) is 0.512. The number of nitrogens with one attached hydrogen (secondary N) is 1. The van der Waals surface area contributed by atoms with Crippen molar-refractivity contribution in [3.8, 4) is 0 Å². The molecule has 1 aromatic heterocycles. The van der Waals surface area contributed by atoms with E-state index in [9.17, 15) is 18.0 Å². The maximum Gasteiger partial charge on any atom is 0.357 e. The summed E-state index contributed by atoms with van der Waals surface area (Å²) in [6.07, 6.45) is 0. The Hall–Kier alpha value is -2.95. The average Bonchev–Trinajstić information content (AvgIpc) is 3.22. The van der Waals surface area contributed by atoms with Crippen LogP contribution in [-0.4, -0.2) is 38.9 Å². The molecule has 0 aliphatic rings. The molecule has 0 bridgehead atoms. The van der Waals surface area contributed by atoms with Gasteiger partial charge < -0.3 is 4.74 Å². The molecular formula is C20H18ClN3O5S2. The number of halogens is 1. The van der Waals surface area contributed by atoms with Crippen LogP contribution in [0.5, 0.6) is 0 Å². The first-order chi connectivity index (χ1) is 14.7. The highest BCUT2D eigenvalue weighted by Gasteiger charge is 2.23. The van der Waals surface area contributed by atoms with E-state index in [2.05, 4.69) is 10.3 Å². The third-order valence-corrected chi connectivity index (χ3v) is 6.91. The van der Waals surface area contributed by atoms with E-state index >= 15 is 0 Å². The molecule has 3 rings (SSSR count). The summed E-state index contributed by atoms with van der Waals surface area (Å²) in [6.45, 7) is 1.89. The van der Waals surface area contributed by atoms with Gasteiger partial charge in [-0.05, 0) is 43.3 Å². The predicted molar refractivity (Wildman–Crippen MR) is 120 cm³/mol. The predicted octanol–water partition coefficient (Wildman–Crippen LogP) is 4.05. The number of carbonyl (C=O) groups is 2. The van der Waals surface area contributed by atoms with Gasteiger partial charge in [0.05, 0.1) is 17.2 Å². The van der Waals surface area contributed by atoms with E-state index in [4.69, 9.17) is 16.3 Å². The van der Waals surface area contributed by atoms with E-state index in [0.29, 0.717) is 10.7 Å². The molecular weight excluding hydrogens is 462 g/mol. The first kappa shape index (κ1) is 22.7. The van der Waals surface area contributed by atoms with Crippen molar-refractivity contribution in [1.29, 1.82) is 0 Å². The Morgan fingerprint density at radius 2 is 1.94 bits per heavy atom. The van der Waals surface area contributed by atoms with Crippen molar-refractivity contribution in [1.82, 2.24) is 4.98 Å². The second kappa shape index (κ2) is 9.46. The number of ether oxygens (including phenoxy) is 1. The number of anilines is 2. The first-order valence-corrected chi connectivity index (χ1v) is 11.7. The van der Waals surface area contributed by atoms with Gasteiger partial charge in [-0.3, -0.25) is 14.4 Å². The van der Waals surface area contributed by atoms with E-state index in [-0.39, 0.29) is 27.9 Å². The molecule has 31 heavy (non-hydrogen) atoms. The Kier molecular flexibility index (Phi) is 6.94. The van der Waals surface area contributed by atoms with Gasteiger partial charge in [0.2, 0.25) is 0 Å². The normalized spacial score (nSPS) is 11.1. The molecule has 1 N–H and O–H groups in total. The molecule has 0 spiro atoms. The summed E-state index contributed by atoms with van der Waals surface area (Å²) in [6, 6.07) is 12.0. The maximum absolute atomic E-state index is 13.0. The number of thiazole rings is 1. The highest BCUT2D eigenvalue weighted by atomic mass is 35.5. The van der Waals surface area contributed by atoms with Crippen molar-refractivity contribution in [2.24, 2.45) is 0 Å². The summed E-state index contributed by atoms with van der Waals surface area (Å²) >= 11 is 7.02. The third-order valence-electron chi connectivity index (χ3n) is 4.14. The fourth-order valence-electron chi connectivity index (χ4n) is 2.57. The van der Waals surface area contributed by atoms with Crippen molar-refractivity contribution in [2.45, 2.75) is 11.8 Å². The lowest BCUT2D eigenvalue weighted by molar-refractivity contribution is 0.0520. The first-order valence-electron chi connectivity index (χ1n) is 9.01. The van der Waals surface area contributed by atoms with E-state index < -0.39 is 21.9 Å². The number of nitrogens with zero attached hydrogens (tertiary/aromatic N) is 2. The number of aromatic nitrogens is 1. The SMILES string of the molecule is CCOC(=O)c1csc(NC(=O)c2cccc(S(=O)(=O)N(C)c3cccc(Cl)c3)c2)n1. The number of carbonyl (C=O) groups excluding carboxylic acids is 2. The molecule has 0 aliphatic carbocycles. The maximum atomic E-state index is 13.0. The summed E-state index contributed by atoms with van der Waals surface area (Å²) < 4.78 is 32.0. The monoisotopic (exact) mass is 479 g/mol. The fourth-order valence-corrected chi connectivity index (χ4v) is 4.66. The topological polar surface area (TPSA) is 106 Å². The zero-order valence-electron chi connectivity index (χ0n) is 16.5. The number of hydrogen-bond acceptors (Lipinski definition) is 7. The molecule has 162 valence electrons. The smallest absolute Gasteiger partial charge is 0.357 e. The Morgan fingerprint density at radius 1 is 1.19 bits per heavy atom. The molecule has 0 fully saturated rings. The lowest BCUT2D eigenvalue weighted by Gasteiger charge is -2.20. The molecule has 0 saturated carbocycles. The van der Waals surface area contributed by atoms with Gasteiger partial charge in [0, 0.05) is 23.0 Å². The summed E-state index contributed by atoms with van der Waals surface area (Å²) in [5, 5.41) is 4.62. The van der Waals surface area contributed by atoms with Crippen LogP contribution in [0.3, 0.4) is 0 Å². The zero-order valence-corrected chi connectivity index (χ0v) is 18.9. The van der Waals surface area contributed by atoms with E-state index in [1.807, 2.05) is 0 Å². The molecule has 0 aliphatic heterocycles. The summed E-state index contributed by atoms with van der Waals surface area (Å²) in [5.74, 6) is -1.15. The Morgan fingerprint density at radius 3 is 2.65 bits per heavy atom. The molecule has 0 unspecified atom stereocenters. The second-order valence-corrected chi connectivity index (χ2v) is 9.46. The van der Waals surface area contributed by atoms with Crippen molar-refractivity contribution < 1.29 is 22.7 Å². The van der Waals surface area contributed by atoms with Crippen molar-refractivity contribution in [3.63, 3.8) is 0 Å². The average molecular weight is 480 g/mol. The number of amides is 1. The number of rotatable bonds is 7. The van der Waals surface area contributed by atoms with Crippen LogP contribution in [0, 0.1) is 0 Å². The Labute approximate surface area is 188 Å². The molecule has 1 amide bonds.